The summed E-state index contributed by atoms with van der Waals surface area (Å²) in [5.74, 6) is -2.57. The highest BCUT2D eigenvalue weighted by molar-refractivity contribution is 5.97. The lowest BCUT2D eigenvalue weighted by Crippen LogP contribution is -2.13. The predicted molar refractivity (Wildman–Crippen MR) is 67.3 cm³/mol. The second-order valence-corrected chi connectivity index (χ2v) is 4.25. The van der Waals surface area contributed by atoms with E-state index < -0.39 is 35.4 Å². The van der Waals surface area contributed by atoms with E-state index in [0.29, 0.717) is 5.56 Å². The highest BCUT2D eigenvalue weighted by Crippen LogP contribution is 2.17. The minimum absolute atomic E-state index is 0.151. The van der Waals surface area contributed by atoms with Crippen molar-refractivity contribution in [2.75, 3.05) is 6.61 Å². The van der Waals surface area contributed by atoms with E-state index in [1.165, 1.54) is 12.1 Å². The first-order valence-electron chi connectivity index (χ1n) is 5.84. The van der Waals surface area contributed by atoms with Crippen LogP contribution in [0.1, 0.15) is 15.9 Å². The van der Waals surface area contributed by atoms with Gasteiger partial charge in [0.25, 0.3) is 0 Å². The largest absolute Gasteiger partial charge is 0.485 e. The van der Waals surface area contributed by atoms with Crippen molar-refractivity contribution in [3.8, 4) is 5.75 Å². The fourth-order valence-corrected chi connectivity index (χ4v) is 1.60. The maximum atomic E-state index is 13.4. The van der Waals surface area contributed by atoms with E-state index in [-0.39, 0.29) is 5.75 Å². The van der Waals surface area contributed by atoms with Gasteiger partial charge in [-0.15, -0.1) is 0 Å². The van der Waals surface area contributed by atoms with Gasteiger partial charge in [0.1, 0.15) is 23.2 Å². The lowest BCUT2D eigenvalue weighted by Gasteiger charge is -2.07. The first-order valence-corrected chi connectivity index (χ1v) is 5.84. The van der Waals surface area contributed by atoms with Gasteiger partial charge >= 0.3 is 0 Å². The molecule has 104 valence electrons. The summed E-state index contributed by atoms with van der Waals surface area (Å²) in [6, 6.07) is 6.71. The highest BCUT2D eigenvalue weighted by atomic mass is 19.1. The molecule has 0 N–H and O–H groups in total. The zero-order valence-electron chi connectivity index (χ0n) is 10.6. The number of carbonyl (C=O) groups is 1. The molecule has 0 fully saturated rings. The highest BCUT2D eigenvalue weighted by Gasteiger charge is 2.13. The molecule has 0 radical (unpaired) electrons. The van der Waals surface area contributed by atoms with Crippen LogP contribution < -0.4 is 4.74 Å². The molecule has 0 aliphatic carbocycles. The Labute approximate surface area is 113 Å². The molecule has 0 spiro atoms. The number of hydrogen-bond acceptors (Lipinski definition) is 2. The number of hydrogen-bond donors (Lipinski definition) is 0. The molecule has 0 saturated heterocycles. The summed E-state index contributed by atoms with van der Waals surface area (Å²) in [6.45, 7) is 1.09. The van der Waals surface area contributed by atoms with Crippen molar-refractivity contribution in [3.63, 3.8) is 0 Å². The lowest BCUT2D eigenvalue weighted by atomic mass is 10.1. The van der Waals surface area contributed by atoms with Gasteiger partial charge in [0.15, 0.2) is 6.61 Å². The summed E-state index contributed by atoms with van der Waals surface area (Å²) in [6.07, 6.45) is 0. The minimum atomic E-state index is -0.824. The number of halogens is 3. The Hall–Kier alpha value is -2.30. The SMILES string of the molecule is Cc1ccc(OCC(=O)c2cc(F)ccc2F)cc1F. The fourth-order valence-electron chi connectivity index (χ4n) is 1.60. The Morgan fingerprint density at radius 3 is 2.50 bits per heavy atom. The predicted octanol–water partition coefficient (Wildman–Crippen LogP) is 3.67. The molecule has 0 aromatic heterocycles. The molecule has 2 rings (SSSR count). The summed E-state index contributed by atoms with van der Waals surface area (Å²) in [7, 11) is 0. The van der Waals surface area contributed by atoms with E-state index in [0.717, 1.165) is 24.3 Å². The zero-order valence-corrected chi connectivity index (χ0v) is 10.6. The number of Topliss-reactive ketones (excluding diaryl/α,β-unsaturated/α-hetero) is 1. The van der Waals surface area contributed by atoms with Crippen molar-refractivity contribution in [2.24, 2.45) is 0 Å². The normalized spacial score (nSPS) is 10.4. The Kier molecular flexibility index (Phi) is 4.08. The summed E-state index contributed by atoms with van der Waals surface area (Å²) < 4.78 is 44.7. The molecule has 2 nitrogen and oxygen atoms in total. The molecular formula is C15H11F3O2. The standard InChI is InChI=1S/C15H11F3O2/c1-9-2-4-11(7-14(9)18)20-8-15(19)12-6-10(16)3-5-13(12)17/h2-7H,8H2,1H3. The molecule has 20 heavy (non-hydrogen) atoms. The molecule has 0 unspecified atom stereocenters. The van der Waals surface area contributed by atoms with Gasteiger partial charge in [-0.25, -0.2) is 13.2 Å². The van der Waals surface area contributed by atoms with E-state index in [9.17, 15) is 18.0 Å². The van der Waals surface area contributed by atoms with E-state index in [1.807, 2.05) is 0 Å². The maximum Gasteiger partial charge on any atom is 0.203 e. The van der Waals surface area contributed by atoms with Crippen LogP contribution in [0.25, 0.3) is 0 Å². The van der Waals surface area contributed by atoms with E-state index in [4.69, 9.17) is 4.74 Å². The van der Waals surface area contributed by atoms with Crippen LogP contribution in [0.3, 0.4) is 0 Å². The van der Waals surface area contributed by atoms with Gasteiger partial charge in [0, 0.05) is 6.07 Å². The third-order valence-electron chi connectivity index (χ3n) is 2.74. The summed E-state index contributed by atoms with van der Waals surface area (Å²) >= 11 is 0. The molecule has 2 aromatic carbocycles. The van der Waals surface area contributed by atoms with Gasteiger partial charge < -0.3 is 4.74 Å². The molecule has 0 saturated carbocycles. The zero-order chi connectivity index (χ0) is 14.7. The third kappa shape index (κ3) is 3.17. The van der Waals surface area contributed by atoms with Crippen molar-refractivity contribution >= 4 is 5.78 Å². The average Bonchev–Trinajstić information content (AvgIpc) is 2.42. The lowest BCUT2D eigenvalue weighted by molar-refractivity contribution is 0.0916. The van der Waals surface area contributed by atoms with Crippen LogP contribution in [-0.4, -0.2) is 12.4 Å². The van der Waals surface area contributed by atoms with Gasteiger partial charge in [-0.3, -0.25) is 4.79 Å². The van der Waals surface area contributed by atoms with Crippen molar-refractivity contribution in [1.82, 2.24) is 0 Å². The topological polar surface area (TPSA) is 26.3 Å². The van der Waals surface area contributed by atoms with Gasteiger partial charge in [0.2, 0.25) is 5.78 Å². The molecule has 2 aromatic rings. The maximum absolute atomic E-state index is 13.4. The Balaban J connectivity index is 2.08. The van der Waals surface area contributed by atoms with Crippen molar-refractivity contribution in [1.29, 1.82) is 0 Å². The van der Waals surface area contributed by atoms with Crippen LogP contribution in [0.2, 0.25) is 0 Å². The van der Waals surface area contributed by atoms with Crippen LogP contribution in [0.4, 0.5) is 13.2 Å². The average molecular weight is 280 g/mol. The van der Waals surface area contributed by atoms with Crippen LogP contribution in [0, 0.1) is 24.4 Å². The Bertz CT molecular complexity index is 654. The van der Waals surface area contributed by atoms with Gasteiger partial charge in [-0.2, -0.15) is 0 Å². The van der Waals surface area contributed by atoms with Crippen LogP contribution in [0.5, 0.6) is 5.75 Å². The molecule has 0 aliphatic heterocycles. The number of carbonyl (C=O) groups excluding carboxylic acids is 1. The van der Waals surface area contributed by atoms with Gasteiger partial charge in [-0.1, -0.05) is 6.07 Å². The van der Waals surface area contributed by atoms with Gasteiger partial charge in [-0.05, 0) is 36.8 Å². The molecule has 0 amide bonds. The summed E-state index contributed by atoms with van der Waals surface area (Å²) in [5, 5.41) is 0. The summed E-state index contributed by atoms with van der Waals surface area (Å²) in [5.41, 5.74) is 0.0532. The molecule has 0 bridgehead atoms. The van der Waals surface area contributed by atoms with E-state index in [2.05, 4.69) is 0 Å². The van der Waals surface area contributed by atoms with Crippen LogP contribution >= 0.6 is 0 Å². The van der Waals surface area contributed by atoms with E-state index in [1.54, 1.807) is 6.92 Å². The minimum Gasteiger partial charge on any atom is -0.485 e. The number of aryl methyl sites for hydroxylation is 1. The Morgan fingerprint density at radius 2 is 1.80 bits per heavy atom. The molecule has 0 aliphatic rings. The first-order chi connectivity index (χ1) is 9.47. The van der Waals surface area contributed by atoms with E-state index >= 15 is 0 Å². The summed E-state index contributed by atoms with van der Waals surface area (Å²) in [4.78, 5) is 11.7. The van der Waals surface area contributed by atoms with Crippen molar-refractivity contribution in [3.05, 3.63) is 65.0 Å². The van der Waals surface area contributed by atoms with Crippen molar-refractivity contribution < 1.29 is 22.7 Å². The van der Waals surface area contributed by atoms with Crippen molar-refractivity contribution in [2.45, 2.75) is 6.92 Å². The van der Waals surface area contributed by atoms with Crippen LogP contribution in [-0.2, 0) is 0 Å². The quantitative estimate of drug-likeness (QED) is 0.799. The Morgan fingerprint density at radius 1 is 1.05 bits per heavy atom. The van der Waals surface area contributed by atoms with Crippen LogP contribution in [0.15, 0.2) is 36.4 Å². The number of benzene rings is 2. The fraction of sp³-hybridized carbons (Fsp3) is 0.133. The smallest absolute Gasteiger partial charge is 0.203 e. The third-order valence-corrected chi connectivity index (χ3v) is 2.74. The second kappa shape index (κ2) is 5.77. The number of ketones is 1. The molecular weight excluding hydrogens is 269 g/mol. The monoisotopic (exact) mass is 280 g/mol. The second-order valence-electron chi connectivity index (χ2n) is 4.25. The first kappa shape index (κ1) is 14.1. The van der Waals surface area contributed by atoms with Gasteiger partial charge in [0.05, 0.1) is 5.56 Å². The number of ether oxygens (including phenoxy) is 1. The number of rotatable bonds is 4. The molecule has 5 heteroatoms. The molecule has 0 heterocycles. The molecule has 0 atom stereocenters.